The lowest BCUT2D eigenvalue weighted by Crippen LogP contribution is -2.33. The van der Waals surface area contributed by atoms with Gasteiger partial charge in [0.15, 0.2) is 0 Å². The maximum atomic E-state index is 12.8. The Bertz CT molecular complexity index is 1160. The fourth-order valence-corrected chi connectivity index (χ4v) is 3.22. The van der Waals surface area contributed by atoms with Gasteiger partial charge in [-0.1, -0.05) is 48.5 Å². The fraction of sp³-hybridized carbons (Fsp3) is 0.150. The first-order valence-corrected chi connectivity index (χ1v) is 8.39. The van der Waals surface area contributed by atoms with Gasteiger partial charge in [0.2, 0.25) is 5.91 Å². The minimum absolute atomic E-state index is 0.108. The van der Waals surface area contributed by atoms with Crippen molar-refractivity contribution in [2.24, 2.45) is 7.05 Å². The number of para-hydroxylation sites is 1. The van der Waals surface area contributed by atoms with Crippen molar-refractivity contribution in [1.29, 1.82) is 0 Å². The van der Waals surface area contributed by atoms with E-state index in [4.69, 9.17) is 0 Å². The van der Waals surface area contributed by atoms with Gasteiger partial charge in [0.05, 0.1) is 6.20 Å². The third-order valence-electron chi connectivity index (χ3n) is 4.54. The highest BCUT2D eigenvalue weighted by Gasteiger charge is 2.14. The zero-order chi connectivity index (χ0) is 18.1. The molecule has 26 heavy (non-hydrogen) atoms. The SMILES string of the molecule is Cn1c2ccccc2c2cnn(CC(=O)NCc3ccccc3)c(=O)c21. The second-order valence-electron chi connectivity index (χ2n) is 6.21. The number of fused-ring (bicyclic) bond motifs is 3. The van der Waals surface area contributed by atoms with Crippen LogP contribution in [0.1, 0.15) is 5.56 Å². The van der Waals surface area contributed by atoms with E-state index in [0.717, 1.165) is 21.9 Å². The lowest BCUT2D eigenvalue weighted by atomic mass is 10.2. The van der Waals surface area contributed by atoms with Crippen LogP contribution in [0.4, 0.5) is 0 Å². The van der Waals surface area contributed by atoms with E-state index in [-0.39, 0.29) is 18.0 Å². The van der Waals surface area contributed by atoms with E-state index in [9.17, 15) is 9.59 Å². The molecule has 2 aromatic carbocycles. The van der Waals surface area contributed by atoms with Gasteiger partial charge in [0.1, 0.15) is 12.1 Å². The number of carbonyl (C=O) groups is 1. The summed E-state index contributed by atoms with van der Waals surface area (Å²) in [7, 11) is 1.85. The standard InChI is InChI=1S/C20H18N4O2/c1-23-17-10-6-5-9-15(17)16-12-22-24(20(26)19(16)23)13-18(25)21-11-14-7-3-2-4-8-14/h2-10,12H,11,13H2,1H3,(H,21,25). The zero-order valence-electron chi connectivity index (χ0n) is 14.3. The van der Waals surface area contributed by atoms with Gasteiger partial charge in [0.25, 0.3) is 5.56 Å². The highest BCUT2D eigenvalue weighted by atomic mass is 16.2. The van der Waals surface area contributed by atoms with Crippen LogP contribution < -0.4 is 10.9 Å². The van der Waals surface area contributed by atoms with E-state index in [1.165, 1.54) is 4.68 Å². The molecule has 0 saturated carbocycles. The summed E-state index contributed by atoms with van der Waals surface area (Å²) in [4.78, 5) is 25.0. The molecule has 4 aromatic rings. The first-order valence-electron chi connectivity index (χ1n) is 8.39. The molecule has 2 aromatic heterocycles. The largest absolute Gasteiger partial charge is 0.350 e. The number of nitrogens with zero attached hydrogens (tertiary/aromatic N) is 3. The molecule has 6 heteroatoms. The normalized spacial score (nSPS) is 11.1. The van der Waals surface area contributed by atoms with Gasteiger partial charge in [-0.2, -0.15) is 5.10 Å². The van der Waals surface area contributed by atoms with E-state index < -0.39 is 0 Å². The first-order chi connectivity index (χ1) is 12.6. The van der Waals surface area contributed by atoms with Crippen molar-refractivity contribution >= 4 is 27.7 Å². The smallest absolute Gasteiger partial charge is 0.291 e. The Hall–Kier alpha value is -3.41. The van der Waals surface area contributed by atoms with Gasteiger partial charge in [-0.25, -0.2) is 4.68 Å². The Labute approximate surface area is 149 Å². The van der Waals surface area contributed by atoms with E-state index in [1.807, 2.05) is 66.2 Å². The Morgan fingerprint density at radius 3 is 2.58 bits per heavy atom. The van der Waals surface area contributed by atoms with Crippen molar-refractivity contribution in [3.63, 3.8) is 0 Å². The van der Waals surface area contributed by atoms with E-state index in [2.05, 4.69) is 10.4 Å². The number of nitrogens with one attached hydrogen (secondary N) is 1. The summed E-state index contributed by atoms with van der Waals surface area (Å²) in [5, 5.41) is 8.80. The minimum atomic E-state index is -0.268. The summed E-state index contributed by atoms with van der Waals surface area (Å²) < 4.78 is 3.06. The molecule has 6 nitrogen and oxygen atoms in total. The van der Waals surface area contributed by atoms with Crippen molar-refractivity contribution < 1.29 is 4.79 Å². The van der Waals surface area contributed by atoms with Crippen LogP contribution in [0.25, 0.3) is 21.8 Å². The summed E-state index contributed by atoms with van der Waals surface area (Å²) in [6, 6.07) is 17.4. The summed E-state index contributed by atoms with van der Waals surface area (Å²) in [6.45, 7) is 0.313. The van der Waals surface area contributed by atoms with Gasteiger partial charge in [-0.05, 0) is 11.6 Å². The molecule has 0 saturated heterocycles. The van der Waals surface area contributed by atoms with Crippen LogP contribution in [0.15, 0.2) is 65.6 Å². The maximum absolute atomic E-state index is 12.8. The lowest BCUT2D eigenvalue weighted by Gasteiger charge is -2.07. The highest BCUT2D eigenvalue weighted by molar-refractivity contribution is 6.07. The number of hydrogen-bond donors (Lipinski definition) is 1. The van der Waals surface area contributed by atoms with Crippen molar-refractivity contribution in [2.45, 2.75) is 13.1 Å². The predicted molar refractivity (Wildman–Crippen MR) is 101 cm³/mol. The van der Waals surface area contributed by atoms with Crippen LogP contribution in [0.2, 0.25) is 0 Å². The number of aromatic nitrogens is 3. The molecule has 1 amide bonds. The van der Waals surface area contributed by atoms with Crippen LogP contribution in [0.3, 0.4) is 0 Å². The Morgan fingerprint density at radius 2 is 1.77 bits per heavy atom. The molecular formula is C20H18N4O2. The molecule has 0 aliphatic heterocycles. The number of benzene rings is 2. The van der Waals surface area contributed by atoms with Gasteiger partial charge >= 0.3 is 0 Å². The third-order valence-corrected chi connectivity index (χ3v) is 4.54. The first kappa shape index (κ1) is 16.1. The highest BCUT2D eigenvalue weighted by Crippen LogP contribution is 2.24. The second-order valence-corrected chi connectivity index (χ2v) is 6.21. The average Bonchev–Trinajstić information content (AvgIpc) is 2.96. The molecule has 0 radical (unpaired) electrons. The van der Waals surface area contributed by atoms with Crippen LogP contribution in [-0.2, 0) is 24.9 Å². The molecule has 1 N–H and O–H groups in total. The van der Waals surface area contributed by atoms with E-state index in [1.54, 1.807) is 6.20 Å². The van der Waals surface area contributed by atoms with Crippen molar-refractivity contribution in [3.8, 4) is 0 Å². The molecule has 0 aliphatic rings. The monoisotopic (exact) mass is 346 g/mol. The van der Waals surface area contributed by atoms with E-state index >= 15 is 0 Å². The van der Waals surface area contributed by atoms with Crippen LogP contribution in [-0.4, -0.2) is 20.3 Å². The molecular weight excluding hydrogens is 328 g/mol. The van der Waals surface area contributed by atoms with Gasteiger partial charge in [-0.15, -0.1) is 0 Å². The minimum Gasteiger partial charge on any atom is -0.350 e. The van der Waals surface area contributed by atoms with Gasteiger partial charge < -0.3 is 9.88 Å². The van der Waals surface area contributed by atoms with E-state index in [0.29, 0.717) is 12.1 Å². The third kappa shape index (κ3) is 2.75. The quantitative estimate of drug-likeness (QED) is 0.616. The molecule has 130 valence electrons. The average molecular weight is 346 g/mol. The number of aryl methyl sites for hydroxylation is 1. The molecule has 2 heterocycles. The molecule has 0 spiro atoms. The fourth-order valence-electron chi connectivity index (χ4n) is 3.22. The number of amides is 1. The Kier molecular flexibility index (Phi) is 4.01. The molecule has 0 fully saturated rings. The van der Waals surface area contributed by atoms with Crippen molar-refractivity contribution in [2.75, 3.05) is 0 Å². The summed E-state index contributed by atoms with van der Waals surface area (Å²) in [6.07, 6.45) is 1.66. The summed E-state index contributed by atoms with van der Waals surface area (Å²) in [5.41, 5.74) is 2.26. The molecule has 4 rings (SSSR count). The maximum Gasteiger partial charge on any atom is 0.291 e. The Morgan fingerprint density at radius 1 is 1.04 bits per heavy atom. The molecule has 0 bridgehead atoms. The topological polar surface area (TPSA) is 68.9 Å². The number of hydrogen-bond acceptors (Lipinski definition) is 3. The number of rotatable bonds is 4. The second kappa shape index (κ2) is 6.48. The molecule has 0 unspecified atom stereocenters. The number of carbonyl (C=O) groups excluding carboxylic acids is 1. The molecule has 0 aliphatic carbocycles. The summed E-state index contributed by atoms with van der Waals surface area (Å²) >= 11 is 0. The van der Waals surface area contributed by atoms with Crippen LogP contribution >= 0.6 is 0 Å². The lowest BCUT2D eigenvalue weighted by molar-refractivity contribution is -0.122. The van der Waals surface area contributed by atoms with Crippen LogP contribution in [0.5, 0.6) is 0 Å². The van der Waals surface area contributed by atoms with Gasteiger partial charge in [0, 0.05) is 29.9 Å². The Balaban J connectivity index is 1.62. The van der Waals surface area contributed by atoms with Crippen LogP contribution in [0, 0.1) is 0 Å². The molecule has 0 atom stereocenters. The van der Waals surface area contributed by atoms with Gasteiger partial charge in [-0.3, -0.25) is 9.59 Å². The van der Waals surface area contributed by atoms with Crippen molar-refractivity contribution in [1.82, 2.24) is 19.7 Å². The zero-order valence-corrected chi connectivity index (χ0v) is 14.3. The van der Waals surface area contributed by atoms with Crippen molar-refractivity contribution in [3.05, 3.63) is 76.7 Å². The predicted octanol–water partition coefficient (Wildman–Crippen LogP) is 2.20. The summed E-state index contributed by atoms with van der Waals surface area (Å²) in [5.74, 6) is -0.249.